The zero-order chi connectivity index (χ0) is 18.2. The van der Waals surface area contributed by atoms with Gasteiger partial charge in [0, 0.05) is 67.5 Å². The smallest absolute Gasteiger partial charge is 0.258 e. The van der Waals surface area contributed by atoms with Crippen LogP contribution in [0.5, 0.6) is 0 Å². The first-order valence-corrected chi connectivity index (χ1v) is 9.54. The normalized spacial score (nSPS) is 21.6. The summed E-state index contributed by atoms with van der Waals surface area (Å²) >= 11 is 0. The Balaban J connectivity index is 1.44. The number of likely N-dealkylation sites (tertiary alicyclic amines) is 1. The average Bonchev–Trinajstić information content (AvgIpc) is 2.70. The van der Waals surface area contributed by atoms with Gasteiger partial charge in [-0.2, -0.15) is 0 Å². The van der Waals surface area contributed by atoms with Crippen LogP contribution in [0.2, 0.25) is 0 Å². The summed E-state index contributed by atoms with van der Waals surface area (Å²) in [5.74, 6) is 0.929. The summed E-state index contributed by atoms with van der Waals surface area (Å²) in [6.45, 7) is 3.69. The van der Waals surface area contributed by atoms with E-state index in [2.05, 4.69) is 27.0 Å². The molecule has 0 spiro atoms. The number of nitrogens with zero attached hydrogens (tertiary/aromatic N) is 4. The zero-order valence-corrected chi connectivity index (χ0v) is 15.2. The molecule has 3 aromatic rings. The Hall–Kier alpha value is -2.79. The monoisotopic (exact) mass is 358 g/mol. The molecule has 5 nitrogen and oxygen atoms in total. The third-order valence-corrected chi connectivity index (χ3v) is 5.76. The van der Waals surface area contributed by atoms with Crippen LogP contribution in [0.25, 0.3) is 11.1 Å². The molecule has 0 N–H and O–H groups in total. The van der Waals surface area contributed by atoms with Crippen molar-refractivity contribution in [2.45, 2.75) is 25.4 Å². The number of fused-ring (bicyclic) bond motifs is 4. The highest BCUT2D eigenvalue weighted by molar-refractivity contribution is 5.61. The van der Waals surface area contributed by atoms with E-state index in [9.17, 15) is 4.79 Å². The maximum atomic E-state index is 13.1. The maximum Gasteiger partial charge on any atom is 0.258 e. The lowest BCUT2D eigenvalue weighted by Crippen LogP contribution is -2.47. The Kier molecular flexibility index (Phi) is 4.09. The maximum absolute atomic E-state index is 13.1. The molecular formula is C22H22N4O. The van der Waals surface area contributed by atoms with Crippen molar-refractivity contribution in [1.82, 2.24) is 19.4 Å². The summed E-state index contributed by atoms with van der Waals surface area (Å²) in [7, 11) is 0. The van der Waals surface area contributed by atoms with Crippen LogP contribution in [0.1, 0.15) is 23.7 Å². The van der Waals surface area contributed by atoms with Crippen LogP contribution in [0.3, 0.4) is 0 Å². The van der Waals surface area contributed by atoms with Crippen LogP contribution in [0.4, 0.5) is 0 Å². The van der Waals surface area contributed by atoms with Crippen LogP contribution in [-0.2, 0) is 13.1 Å². The molecular weight excluding hydrogens is 336 g/mol. The Morgan fingerprint density at radius 3 is 2.78 bits per heavy atom. The largest absolute Gasteiger partial charge is 0.311 e. The van der Waals surface area contributed by atoms with Crippen LogP contribution in [-0.4, -0.2) is 32.5 Å². The molecule has 0 unspecified atom stereocenters. The van der Waals surface area contributed by atoms with Crippen molar-refractivity contribution in [3.05, 3.63) is 82.8 Å². The fourth-order valence-corrected chi connectivity index (χ4v) is 4.64. The highest BCUT2D eigenvalue weighted by Gasteiger charge is 2.35. The summed E-state index contributed by atoms with van der Waals surface area (Å²) in [6.07, 6.45) is 6.53. The van der Waals surface area contributed by atoms with Gasteiger partial charge >= 0.3 is 0 Å². The SMILES string of the molecule is O=c1c(-c2cccnc2)ccc2n1C[C@H]1C[C@@H]2CN(Cc2ccccn2)C1. The molecule has 2 bridgehead atoms. The summed E-state index contributed by atoms with van der Waals surface area (Å²) in [6, 6.07) is 14.0. The minimum absolute atomic E-state index is 0.119. The third kappa shape index (κ3) is 3.08. The van der Waals surface area contributed by atoms with Crippen molar-refractivity contribution >= 4 is 0 Å². The Morgan fingerprint density at radius 2 is 1.96 bits per heavy atom. The van der Waals surface area contributed by atoms with Gasteiger partial charge in [0.1, 0.15) is 0 Å². The van der Waals surface area contributed by atoms with Gasteiger partial charge in [-0.25, -0.2) is 0 Å². The van der Waals surface area contributed by atoms with Crippen molar-refractivity contribution in [2.75, 3.05) is 13.1 Å². The average molecular weight is 358 g/mol. The standard InChI is InChI=1S/C22H22N4O/c27-22-20(17-4-3-8-23-11-17)6-7-21-18-10-16(13-26(21)22)12-25(14-18)15-19-5-1-2-9-24-19/h1-9,11,16,18H,10,12-15H2/t16-,18+/m0/s1. The molecule has 5 heterocycles. The van der Waals surface area contributed by atoms with Crippen LogP contribution in [0, 0.1) is 5.92 Å². The molecule has 2 aliphatic rings. The Morgan fingerprint density at radius 1 is 1.00 bits per heavy atom. The minimum Gasteiger partial charge on any atom is -0.311 e. The number of rotatable bonds is 3. The van der Waals surface area contributed by atoms with Gasteiger partial charge in [-0.3, -0.25) is 19.7 Å². The summed E-state index contributed by atoms with van der Waals surface area (Å²) in [4.78, 5) is 24.2. The first kappa shape index (κ1) is 16.4. The van der Waals surface area contributed by atoms with E-state index in [0.717, 1.165) is 43.0 Å². The fraction of sp³-hybridized carbons (Fsp3) is 0.318. The number of pyridine rings is 3. The van der Waals surface area contributed by atoms with E-state index < -0.39 is 0 Å². The van der Waals surface area contributed by atoms with Crippen molar-refractivity contribution in [3.63, 3.8) is 0 Å². The molecule has 1 saturated heterocycles. The molecule has 2 aliphatic heterocycles. The topological polar surface area (TPSA) is 51.0 Å². The lowest BCUT2D eigenvalue weighted by atomic mass is 9.82. The second-order valence-corrected chi connectivity index (χ2v) is 7.64. The molecule has 0 aliphatic carbocycles. The van der Waals surface area contributed by atoms with Crippen LogP contribution < -0.4 is 5.56 Å². The molecule has 27 heavy (non-hydrogen) atoms. The molecule has 0 radical (unpaired) electrons. The minimum atomic E-state index is 0.119. The molecule has 0 aromatic carbocycles. The molecule has 0 amide bonds. The van der Waals surface area contributed by atoms with Crippen LogP contribution >= 0.6 is 0 Å². The quantitative estimate of drug-likeness (QED) is 0.722. The van der Waals surface area contributed by atoms with Crippen LogP contribution in [0.15, 0.2) is 65.8 Å². The van der Waals surface area contributed by atoms with E-state index in [1.54, 1.807) is 12.4 Å². The molecule has 0 saturated carbocycles. The van der Waals surface area contributed by atoms with E-state index >= 15 is 0 Å². The summed E-state index contributed by atoms with van der Waals surface area (Å²) < 4.78 is 2.01. The lowest BCUT2D eigenvalue weighted by Gasteiger charge is -2.42. The lowest BCUT2D eigenvalue weighted by molar-refractivity contribution is 0.113. The van der Waals surface area contributed by atoms with E-state index in [0.29, 0.717) is 11.8 Å². The van der Waals surface area contributed by atoms with E-state index in [-0.39, 0.29) is 5.56 Å². The second kappa shape index (κ2) is 6.74. The highest BCUT2D eigenvalue weighted by Crippen LogP contribution is 2.36. The Labute approximate surface area is 158 Å². The molecule has 136 valence electrons. The molecule has 2 atom stereocenters. The van der Waals surface area contributed by atoms with Gasteiger partial charge in [-0.15, -0.1) is 0 Å². The van der Waals surface area contributed by atoms with E-state index in [1.165, 1.54) is 12.1 Å². The van der Waals surface area contributed by atoms with Crippen molar-refractivity contribution in [3.8, 4) is 11.1 Å². The number of hydrogen-bond acceptors (Lipinski definition) is 4. The molecule has 5 heteroatoms. The molecule has 1 fully saturated rings. The van der Waals surface area contributed by atoms with Gasteiger partial charge in [-0.1, -0.05) is 12.1 Å². The van der Waals surface area contributed by atoms with Crippen molar-refractivity contribution < 1.29 is 0 Å². The summed E-state index contributed by atoms with van der Waals surface area (Å²) in [5.41, 5.74) is 4.05. The van der Waals surface area contributed by atoms with Gasteiger partial charge in [-0.05, 0) is 42.7 Å². The highest BCUT2D eigenvalue weighted by atomic mass is 16.1. The molecule has 3 aromatic heterocycles. The van der Waals surface area contributed by atoms with Gasteiger partial charge in [0.15, 0.2) is 0 Å². The first-order valence-electron chi connectivity index (χ1n) is 9.54. The third-order valence-electron chi connectivity index (χ3n) is 5.76. The zero-order valence-electron chi connectivity index (χ0n) is 15.2. The van der Waals surface area contributed by atoms with E-state index in [4.69, 9.17) is 0 Å². The first-order chi connectivity index (χ1) is 13.3. The predicted octanol–water partition coefficient (Wildman–Crippen LogP) is 2.92. The molecule has 5 rings (SSSR count). The van der Waals surface area contributed by atoms with Gasteiger partial charge in [0.05, 0.1) is 5.69 Å². The Bertz CT molecular complexity index is 1000. The summed E-state index contributed by atoms with van der Waals surface area (Å²) in [5, 5.41) is 0. The predicted molar refractivity (Wildman–Crippen MR) is 104 cm³/mol. The second-order valence-electron chi connectivity index (χ2n) is 7.64. The van der Waals surface area contributed by atoms with Gasteiger partial charge in [0.2, 0.25) is 0 Å². The van der Waals surface area contributed by atoms with Crippen molar-refractivity contribution in [1.29, 1.82) is 0 Å². The number of aromatic nitrogens is 3. The van der Waals surface area contributed by atoms with Crippen molar-refractivity contribution in [2.24, 2.45) is 5.92 Å². The number of piperidine rings is 1. The van der Waals surface area contributed by atoms with Gasteiger partial charge < -0.3 is 4.57 Å². The van der Waals surface area contributed by atoms with Gasteiger partial charge in [0.25, 0.3) is 5.56 Å². The van der Waals surface area contributed by atoms with E-state index in [1.807, 2.05) is 41.1 Å². The fourth-order valence-electron chi connectivity index (χ4n) is 4.64. The number of hydrogen-bond donors (Lipinski definition) is 0.